The number of anilines is 1. The maximum Gasteiger partial charge on any atom is 0.246 e. The van der Waals surface area contributed by atoms with E-state index in [9.17, 15) is 4.79 Å². The van der Waals surface area contributed by atoms with E-state index in [1.807, 2.05) is 48.5 Å². The third-order valence-corrected chi connectivity index (χ3v) is 3.64. The Balaban J connectivity index is 2.23. The number of amides is 1. The predicted molar refractivity (Wildman–Crippen MR) is 87.6 cm³/mol. The first kappa shape index (κ1) is 15.4. The Bertz CT molecular complexity index is 597. The molecule has 1 atom stereocenters. The topological polar surface area (TPSA) is 50.4 Å². The lowest BCUT2D eigenvalue weighted by molar-refractivity contribution is -0.121. The average molecular weight is 349 g/mol. The summed E-state index contributed by atoms with van der Waals surface area (Å²) in [6.45, 7) is 0. The number of methoxy groups -OCH3 is 1. The van der Waals surface area contributed by atoms with Crippen LogP contribution >= 0.6 is 15.9 Å². The van der Waals surface area contributed by atoms with Gasteiger partial charge < -0.3 is 15.4 Å². The van der Waals surface area contributed by atoms with Crippen molar-refractivity contribution >= 4 is 27.5 Å². The molecule has 2 rings (SSSR count). The van der Waals surface area contributed by atoms with Gasteiger partial charge in [0, 0.05) is 17.2 Å². The minimum atomic E-state index is -0.448. The van der Waals surface area contributed by atoms with Crippen molar-refractivity contribution in [3.8, 4) is 5.75 Å². The predicted octanol–water partition coefficient (Wildman–Crippen LogP) is 3.36. The normalized spacial score (nSPS) is 11.6. The fourth-order valence-corrected chi connectivity index (χ4v) is 2.22. The third kappa shape index (κ3) is 3.98. The van der Waals surface area contributed by atoms with Crippen molar-refractivity contribution in [2.45, 2.75) is 6.04 Å². The highest BCUT2D eigenvalue weighted by Gasteiger charge is 2.19. The van der Waals surface area contributed by atoms with Gasteiger partial charge in [0.25, 0.3) is 0 Å². The molecule has 2 N–H and O–H groups in total. The second-order valence-electron chi connectivity index (χ2n) is 4.47. The molecule has 0 bridgehead atoms. The summed E-state index contributed by atoms with van der Waals surface area (Å²) in [6.07, 6.45) is 0. The van der Waals surface area contributed by atoms with Gasteiger partial charge in [0.1, 0.15) is 11.8 Å². The van der Waals surface area contributed by atoms with E-state index in [-0.39, 0.29) is 5.91 Å². The van der Waals surface area contributed by atoms with Crippen LogP contribution in [-0.2, 0) is 4.79 Å². The van der Waals surface area contributed by atoms with Crippen LogP contribution in [0.3, 0.4) is 0 Å². The molecule has 0 spiro atoms. The lowest BCUT2D eigenvalue weighted by Crippen LogP contribution is -2.30. The maximum absolute atomic E-state index is 12.1. The van der Waals surface area contributed by atoms with Gasteiger partial charge in [-0.15, -0.1) is 0 Å². The molecule has 110 valence electrons. The van der Waals surface area contributed by atoms with Crippen LogP contribution in [0.25, 0.3) is 0 Å². The molecule has 1 amide bonds. The van der Waals surface area contributed by atoms with E-state index < -0.39 is 6.04 Å². The molecule has 4 nitrogen and oxygen atoms in total. The molecule has 0 aliphatic carbocycles. The van der Waals surface area contributed by atoms with Gasteiger partial charge in [-0.2, -0.15) is 0 Å². The van der Waals surface area contributed by atoms with E-state index >= 15 is 0 Å². The molecular formula is C16H17BrN2O2. The van der Waals surface area contributed by atoms with Gasteiger partial charge in [0.15, 0.2) is 0 Å². The van der Waals surface area contributed by atoms with E-state index in [2.05, 4.69) is 26.6 Å². The fraction of sp³-hybridized carbons (Fsp3) is 0.188. The summed E-state index contributed by atoms with van der Waals surface area (Å²) in [5, 5.41) is 5.92. The van der Waals surface area contributed by atoms with Crippen molar-refractivity contribution in [3.05, 3.63) is 58.6 Å². The minimum Gasteiger partial charge on any atom is -0.497 e. The van der Waals surface area contributed by atoms with Crippen molar-refractivity contribution in [3.63, 3.8) is 0 Å². The molecule has 0 aliphatic rings. The van der Waals surface area contributed by atoms with Crippen molar-refractivity contribution in [2.24, 2.45) is 0 Å². The number of hydrogen-bond donors (Lipinski definition) is 2. The van der Waals surface area contributed by atoms with Crippen molar-refractivity contribution in [2.75, 3.05) is 19.5 Å². The Morgan fingerprint density at radius 1 is 1.10 bits per heavy atom. The first-order valence-electron chi connectivity index (χ1n) is 6.51. The number of rotatable bonds is 5. The molecular weight excluding hydrogens is 332 g/mol. The van der Waals surface area contributed by atoms with Crippen molar-refractivity contribution in [1.29, 1.82) is 0 Å². The summed E-state index contributed by atoms with van der Waals surface area (Å²) in [5.41, 5.74) is 1.75. The van der Waals surface area contributed by atoms with Gasteiger partial charge in [0.2, 0.25) is 5.91 Å². The van der Waals surface area contributed by atoms with Crippen LogP contribution < -0.4 is 15.4 Å². The van der Waals surface area contributed by atoms with Gasteiger partial charge in [0.05, 0.1) is 7.11 Å². The number of benzene rings is 2. The smallest absolute Gasteiger partial charge is 0.246 e. The number of nitrogens with one attached hydrogen (secondary N) is 2. The fourth-order valence-electron chi connectivity index (χ4n) is 1.95. The first-order valence-corrected chi connectivity index (χ1v) is 7.31. The van der Waals surface area contributed by atoms with Crippen LogP contribution in [0.2, 0.25) is 0 Å². The molecule has 0 radical (unpaired) electrons. The highest BCUT2D eigenvalue weighted by molar-refractivity contribution is 9.10. The zero-order valence-corrected chi connectivity index (χ0v) is 13.5. The largest absolute Gasteiger partial charge is 0.497 e. The number of ether oxygens (including phenoxy) is 1. The molecule has 0 saturated carbocycles. The highest BCUT2D eigenvalue weighted by atomic mass is 79.9. The van der Waals surface area contributed by atoms with Gasteiger partial charge in [-0.1, -0.05) is 28.1 Å². The summed E-state index contributed by atoms with van der Waals surface area (Å²) >= 11 is 3.40. The zero-order valence-electron chi connectivity index (χ0n) is 11.9. The molecule has 1 unspecified atom stereocenters. The SMILES string of the molecule is CNC(=O)C(Nc1ccc(OC)cc1)c1ccc(Br)cc1. The Hall–Kier alpha value is -2.01. The number of likely N-dealkylation sites (N-methyl/N-ethyl adjacent to an activating group) is 1. The Morgan fingerprint density at radius 3 is 2.24 bits per heavy atom. The van der Waals surface area contributed by atoms with Crippen LogP contribution in [0, 0.1) is 0 Å². The first-order chi connectivity index (χ1) is 10.1. The summed E-state index contributed by atoms with van der Waals surface area (Å²) in [5.74, 6) is 0.689. The van der Waals surface area contributed by atoms with Gasteiger partial charge in [-0.3, -0.25) is 4.79 Å². The molecule has 21 heavy (non-hydrogen) atoms. The summed E-state index contributed by atoms with van der Waals surface area (Å²) in [6, 6.07) is 14.7. The molecule has 2 aromatic carbocycles. The van der Waals surface area contributed by atoms with Gasteiger partial charge in [-0.25, -0.2) is 0 Å². The number of halogens is 1. The van der Waals surface area contributed by atoms with Gasteiger partial charge >= 0.3 is 0 Å². The maximum atomic E-state index is 12.1. The second kappa shape index (κ2) is 7.13. The second-order valence-corrected chi connectivity index (χ2v) is 5.39. The highest BCUT2D eigenvalue weighted by Crippen LogP contribution is 2.23. The number of hydrogen-bond acceptors (Lipinski definition) is 3. The van der Waals surface area contributed by atoms with E-state index in [0.717, 1.165) is 21.5 Å². The zero-order chi connectivity index (χ0) is 15.2. The lowest BCUT2D eigenvalue weighted by Gasteiger charge is -2.19. The summed E-state index contributed by atoms with van der Waals surface area (Å²) < 4.78 is 6.11. The van der Waals surface area contributed by atoms with Crippen LogP contribution in [0.5, 0.6) is 5.75 Å². The monoisotopic (exact) mass is 348 g/mol. The van der Waals surface area contributed by atoms with Crippen LogP contribution in [0.15, 0.2) is 53.0 Å². The van der Waals surface area contributed by atoms with Crippen molar-refractivity contribution < 1.29 is 9.53 Å². The number of carbonyl (C=O) groups excluding carboxylic acids is 1. The van der Waals surface area contributed by atoms with E-state index in [0.29, 0.717) is 0 Å². The summed E-state index contributed by atoms with van der Waals surface area (Å²) in [4.78, 5) is 12.1. The molecule has 0 heterocycles. The van der Waals surface area contributed by atoms with E-state index in [4.69, 9.17) is 4.74 Å². The number of carbonyl (C=O) groups is 1. The Kier molecular flexibility index (Phi) is 5.22. The molecule has 0 aromatic heterocycles. The lowest BCUT2D eigenvalue weighted by atomic mass is 10.1. The van der Waals surface area contributed by atoms with Crippen molar-refractivity contribution in [1.82, 2.24) is 5.32 Å². The van der Waals surface area contributed by atoms with Crippen LogP contribution in [0.1, 0.15) is 11.6 Å². The van der Waals surface area contributed by atoms with Gasteiger partial charge in [-0.05, 0) is 42.0 Å². The van der Waals surface area contributed by atoms with E-state index in [1.165, 1.54) is 0 Å². The Morgan fingerprint density at radius 2 is 1.71 bits per heavy atom. The van der Waals surface area contributed by atoms with E-state index in [1.54, 1.807) is 14.2 Å². The third-order valence-electron chi connectivity index (χ3n) is 3.11. The standard InChI is InChI=1S/C16H17BrN2O2/c1-18-16(20)15(11-3-5-12(17)6-4-11)19-13-7-9-14(21-2)10-8-13/h3-10,15,19H,1-2H3,(H,18,20). The molecule has 0 fully saturated rings. The average Bonchev–Trinajstić information content (AvgIpc) is 2.53. The molecule has 0 saturated heterocycles. The Labute approximate surface area is 132 Å². The summed E-state index contributed by atoms with van der Waals surface area (Å²) in [7, 11) is 3.25. The minimum absolute atomic E-state index is 0.0897. The molecule has 5 heteroatoms. The quantitative estimate of drug-likeness (QED) is 0.870. The molecule has 2 aromatic rings. The van der Waals surface area contributed by atoms with Crippen LogP contribution in [0.4, 0.5) is 5.69 Å². The molecule has 0 aliphatic heterocycles. The van der Waals surface area contributed by atoms with Crippen LogP contribution in [-0.4, -0.2) is 20.1 Å².